The molecule has 3 rings (SSSR count). The van der Waals surface area contributed by atoms with Crippen LogP contribution in [-0.4, -0.2) is 53.3 Å². The molecule has 9 heteroatoms. The van der Waals surface area contributed by atoms with Crippen LogP contribution in [0.5, 0.6) is 11.5 Å². The van der Waals surface area contributed by atoms with Crippen LogP contribution < -0.4 is 20.1 Å². The van der Waals surface area contributed by atoms with Gasteiger partial charge in [-0.05, 0) is 37.7 Å². The normalized spacial score (nSPS) is 13.9. The van der Waals surface area contributed by atoms with Gasteiger partial charge in [0.1, 0.15) is 5.82 Å². The Hall–Kier alpha value is -2.42. The molecule has 0 amide bonds. The van der Waals surface area contributed by atoms with Gasteiger partial charge in [0.2, 0.25) is 0 Å². The lowest BCUT2D eigenvalue weighted by Gasteiger charge is -2.14. The maximum atomic E-state index is 5.79. The Kier molecular flexibility index (Phi) is 8.87. The van der Waals surface area contributed by atoms with E-state index in [4.69, 9.17) is 14.5 Å². The molecular weight excluding hydrogens is 412 g/mol. The molecule has 31 heavy (non-hydrogen) atoms. The van der Waals surface area contributed by atoms with Crippen LogP contribution >= 0.6 is 11.8 Å². The first kappa shape index (κ1) is 23.2. The summed E-state index contributed by atoms with van der Waals surface area (Å²) in [5.74, 6) is 3.91. The Labute approximate surface area is 189 Å². The Balaban J connectivity index is 1.59. The van der Waals surface area contributed by atoms with Crippen LogP contribution in [0.2, 0.25) is 0 Å². The molecule has 8 nitrogen and oxygen atoms in total. The maximum absolute atomic E-state index is 5.79. The number of aliphatic imine (C=N–C) groups is 1. The van der Waals surface area contributed by atoms with E-state index in [-0.39, 0.29) is 0 Å². The van der Waals surface area contributed by atoms with Gasteiger partial charge in [0.05, 0.1) is 13.2 Å². The molecule has 0 saturated carbocycles. The second kappa shape index (κ2) is 11.8. The SMILES string of the molecule is CCNC(=NCCCc1nnc(SC)n1CC(C)C)Nc1ccc2c(c1)OCCCO2. The lowest BCUT2D eigenvalue weighted by molar-refractivity contribution is 0.297. The number of nitrogens with zero attached hydrogens (tertiary/aromatic N) is 4. The van der Waals surface area contributed by atoms with E-state index in [0.717, 1.165) is 66.5 Å². The van der Waals surface area contributed by atoms with Crippen molar-refractivity contribution < 1.29 is 9.47 Å². The van der Waals surface area contributed by atoms with Gasteiger partial charge in [-0.1, -0.05) is 25.6 Å². The van der Waals surface area contributed by atoms with Gasteiger partial charge in [-0.3, -0.25) is 4.99 Å². The number of rotatable bonds is 9. The van der Waals surface area contributed by atoms with Gasteiger partial charge in [0, 0.05) is 44.2 Å². The fraction of sp³-hybridized carbons (Fsp3) is 0.591. The molecule has 0 aliphatic carbocycles. The van der Waals surface area contributed by atoms with Crippen LogP contribution in [0.4, 0.5) is 5.69 Å². The lowest BCUT2D eigenvalue weighted by Crippen LogP contribution is -2.30. The van der Waals surface area contributed by atoms with E-state index in [1.807, 2.05) is 24.5 Å². The number of thioether (sulfide) groups is 1. The number of anilines is 1. The average molecular weight is 447 g/mol. The molecular formula is C22H34N6O2S. The van der Waals surface area contributed by atoms with Crippen molar-refractivity contribution in [1.29, 1.82) is 0 Å². The van der Waals surface area contributed by atoms with Crippen LogP contribution in [0.1, 0.15) is 39.4 Å². The number of benzene rings is 1. The van der Waals surface area contributed by atoms with Gasteiger partial charge in [0.15, 0.2) is 22.6 Å². The number of nitrogens with one attached hydrogen (secondary N) is 2. The van der Waals surface area contributed by atoms with Crippen LogP contribution in [-0.2, 0) is 13.0 Å². The van der Waals surface area contributed by atoms with E-state index in [1.54, 1.807) is 11.8 Å². The van der Waals surface area contributed by atoms with Crippen LogP contribution in [0.3, 0.4) is 0 Å². The third-order valence-corrected chi connectivity index (χ3v) is 5.37. The predicted molar refractivity (Wildman–Crippen MR) is 127 cm³/mol. The molecule has 0 radical (unpaired) electrons. The minimum atomic E-state index is 0.554. The highest BCUT2D eigenvalue weighted by atomic mass is 32.2. The Morgan fingerprint density at radius 1 is 1.23 bits per heavy atom. The molecule has 1 aromatic carbocycles. The van der Waals surface area contributed by atoms with Crippen molar-refractivity contribution in [2.45, 2.75) is 51.7 Å². The first-order chi connectivity index (χ1) is 15.1. The molecule has 0 atom stereocenters. The number of ether oxygens (including phenoxy) is 2. The fourth-order valence-corrected chi connectivity index (χ4v) is 3.84. The summed E-state index contributed by atoms with van der Waals surface area (Å²) >= 11 is 1.64. The Morgan fingerprint density at radius 3 is 2.77 bits per heavy atom. The smallest absolute Gasteiger partial charge is 0.195 e. The molecule has 2 N–H and O–H groups in total. The van der Waals surface area contributed by atoms with Gasteiger partial charge >= 0.3 is 0 Å². The van der Waals surface area contributed by atoms with Gasteiger partial charge in [-0.2, -0.15) is 0 Å². The van der Waals surface area contributed by atoms with Crippen molar-refractivity contribution in [3.8, 4) is 11.5 Å². The van der Waals surface area contributed by atoms with Crippen molar-refractivity contribution >= 4 is 23.4 Å². The average Bonchev–Trinajstić information content (AvgIpc) is 2.97. The van der Waals surface area contributed by atoms with E-state index in [2.05, 4.69) is 46.2 Å². The summed E-state index contributed by atoms with van der Waals surface area (Å²) in [5.41, 5.74) is 0.922. The van der Waals surface area contributed by atoms with Crippen molar-refractivity contribution in [2.24, 2.45) is 10.9 Å². The molecule has 0 saturated heterocycles. The topological polar surface area (TPSA) is 85.6 Å². The second-order valence-electron chi connectivity index (χ2n) is 7.81. The third kappa shape index (κ3) is 6.78. The number of fused-ring (bicyclic) bond motifs is 1. The lowest BCUT2D eigenvalue weighted by atomic mass is 10.2. The van der Waals surface area contributed by atoms with E-state index >= 15 is 0 Å². The van der Waals surface area contributed by atoms with E-state index in [9.17, 15) is 0 Å². The number of hydrogen-bond acceptors (Lipinski definition) is 6. The predicted octanol–water partition coefficient (Wildman–Crippen LogP) is 3.83. The molecule has 0 fully saturated rings. The minimum Gasteiger partial charge on any atom is -0.490 e. The number of aromatic nitrogens is 3. The monoisotopic (exact) mass is 446 g/mol. The molecule has 0 unspecified atom stereocenters. The highest BCUT2D eigenvalue weighted by molar-refractivity contribution is 7.98. The van der Waals surface area contributed by atoms with Crippen molar-refractivity contribution in [3.63, 3.8) is 0 Å². The second-order valence-corrected chi connectivity index (χ2v) is 8.58. The van der Waals surface area contributed by atoms with Gasteiger partial charge < -0.3 is 24.7 Å². The highest BCUT2D eigenvalue weighted by Gasteiger charge is 2.13. The fourth-order valence-electron chi connectivity index (χ4n) is 3.32. The minimum absolute atomic E-state index is 0.554. The zero-order valence-electron chi connectivity index (χ0n) is 19.0. The van der Waals surface area contributed by atoms with Crippen LogP contribution in [0, 0.1) is 5.92 Å². The first-order valence-corrected chi connectivity index (χ1v) is 12.2. The van der Waals surface area contributed by atoms with E-state index in [0.29, 0.717) is 25.7 Å². The molecule has 0 spiro atoms. The van der Waals surface area contributed by atoms with Crippen molar-refractivity contribution in [3.05, 3.63) is 24.0 Å². The summed E-state index contributed by atoms with van der Waals surface area (Å²) in [4.78, 5) is 4.73. The summed E-state index contributed by atoms with van der Waals surface area (Å²) in [6, 6.07) is 5.89. The standard InChI is InChI=1S/C22H34N6O2S/c1-5-23-21(25-17-9-10-18-19(14-17)30-13-7-12-29-18)24-11-6-8-20-26-27-22(31-4)28(20)15-16(2)3/h9-10,14,16H,5-8,11-13,15H2,1-4H3,(H2,23,24,25). The molecule has 0 bridgehead atoms. The van der Waals surface area contributed by atoms with Crippen LogP contribution in [0.25, 0.3) is 0 Å². The molecule has 2 aromatic rings. The molecule has 1 aromatic heterocycles. The maximum Gasteiger partial charge on any atom is 0.195 e. The quantitative estimate of drug-likeness (QED) is 0.262. The highest BCUT2D eigenvalue weighted by Crippen LogP contribution is 2.32. The summed E-state index contributed by atoms with van der Waals surface area (Å²) in [7, 11) is 0. The van der Waals surface area contributed by atoms with Crippen LogP contribution in [0.15, 0.2) is 28.3 Å². The number of aryl methyl sites for hydroxylation is 1. The number of hydrogen-bond donors (Lipinski definition) is 2. The Morgan fingerprint density at radius 2 is 2.03 bits per heavy atom. The number of guanidine groups is 1. The first-order valence-electron chi connectivity index (χ1n) is 11.0. The summed E-state index contributed by atoms with van der Waals surface area (Å²) in [6.07, 6.45) is 4.70. The molecule has 2 heterocycles. The summed E-state index contributed by atoms with van der Waals surface area (Å²) < 4.78 is 13.7. The summed E-state index contributed by atoms with van der Waals surface area (Å²) in [5, 5.41) is 16.4. The van der Waals surface area contributed by atoms with Gasteiger partial charge in [-0.15, -0.1) is 10.2 Å². The van der Waals surface area contributed by atoms with Gasteiger partial charge in [-0.25, -0.2) is 0 Å². The molecule has 170 valence electrons. The van der Waals surface area contributed by atoms with E-state index in [1.165, 1.54) is 0 Å². The Bertz CT molecular complexity index is 868. The van der Waals surface area contributed by atoms with Crippen molar-refractivity contribution in [1.82, 2.24) is 20.1 Å². The zero-order chi connectivity index (χ0) is 22.1. The zero-order valence-corrected chi connectivity index (χ0v) is 19.8. The summed E-state index contributed by atoms with van der Waals surface area (Å²) in [6.45, 7) is 10.3. The third-order valence-electron chi connectivity index (χ3n) is 4.71. The van der Waals surface area contributed by atoms with Gasteiger partial charge in [0.25, 0.3) is 0 Å². The molecule has 1 aliphatic heterocycles. The van der Waals surface area contributed by atoms with Crippen molar-refractivity contribution in [2.75, 3.05) is 37.9 Å². The molecule has 1 aliphatic rings. The largest absolute Gasteiger partial charge is 0.490 e. The van der Waals surface area contributed by atoms with E-state index < -0.39 is 0 Å².